The van der Waals surface area contributed by atoms with Gasteiger partial charge in [-0.1, -0.05) is 5.16 Å². The number of nitrogens with zero attached hydrogens (tertiary/aromatic N) is 4. The Labute approximate surface area is 184 Å². The highest BCUT2D eigenvalue weighted by atomic mass is 16.5. The van der Waals surface area contributed by atoms with Gasteiger partial charge >= 0.3 is 0 Å². The van der Waals surface area contributed by atoms with Gasteiger partial charge in [-0.3, -0.25) is 14.3 Å². The lowest BCUT2D eigenvalue weighted by atomic mass is 9.86. The van der Waals surface area contributed by atoms with Crippen LogP contribution in [0.5, 0.6) is 11.5 Å². The number of methoxy groups -OCH3 is 1. The van der Waals surface area contributed by atoms with Crippen LogP contribution in [0.3, 0.4) is 0 Å². The number of likely N-dealkylation sites (tertiary alicyclic amines) is 1. The monoisotopic (exact) mass is 436 g/mol. The van der Waals surface area contributed by atoms with Gasteiger partial charge in [0.2, 0.25) is 5.76 Å². The third-order valence-electron chi connectivity index (χ3n) is 6.14. The molecule has 0 spiro atoms. The largest absolute Gasteiger partial charge is 0.497 e. The minimum Gasteiger partial charge on any atom is -0.497 e. The van der Waals surface area contributed by atoms with E-state index >= 15 is 0 Å². The topological polar surface area (TPSA) is 99.7 Å². The van der Waals surface area contributed by atoms with Crippen molar-refractivity contribution in [1.29, 1.82) is 0 Å². The number of aryl methyl sites for hydroxylation is 1. The zero-order chi connectivity index (χ0) is 22.2. The third-order valence-corrected chi connectivity index (χ3v) is 6.14. The number of amides is 1. The van der Waals surface area contributed by atoms with Crippen molar-refractivity contribution in [3.8, 4) is 22.8 Å². The Morgan fingerprint density at radius 3 is 2.94 bits per heavy atom. The summed E-state index contributed by atoms with van der Waals surface area (Å²) in [6.07, 6.45) is 5.25. The van der Waals surface area contributed by atoms with Crippen molar-refractivity contribution in [3.63, 3.8) is 0 Å². The van der Waals surface area contributed by atoms with Crippen LogP contribution in [0.4, 0.5) is 0 Å². The first-order chi connectivity index (χ1) is 15.5. The van der Waals surface area contributed by atoms with E-state index in [1.54, 1.807) is 47.2 Å². The summed E-state index contributed by atoms with van der Waals surface area (Å²) in [5.41, 5.74) is 1.91. The number of ether oxygens (including phenoxy) is 2. The molecule has 9 heteroatoms. The quantitative estimate of drug-likeness (QED) is 0.620. The minimum absolute atomic E-state index is 0.0370. The molecule has 4 heterocycles. The molecule has 0 N–H and O–H groups in total. The van der Waals surface area contributed by atoms with Crippen LogP contribution in [0.1, 0.15) is 40.2 Å². The van der Waals surface area contributed by atoms with Gasteiger partial charge in [0, 0.05) is 50.3 Å². The van der Waals surface area contributed by atoms with E-state index in [4.69, 9.17) is 14.0 Å². The summed E-state index contributed by atoms with van der Waals surface area (Å²) in [7, 11) is 3.39. The first kappa shape index (κ1) is 20.3. The second kappa shape index (κ2) is 8.14. The molecule has 2 atom stereocenters. The number of piperidine rings is 1. The fraction of sp³-hybridized carbons (Fsp3) is 0.391. The molecular weight excluding hydrogens is 412 g/mol. The highest BCUT2D eigenvalue weighted by Gasteiger charge is 2.37. The lowest BCUT2D eigenvalue weighted by molar-refractivity contribution is 0.0386. The number of ketones is 1. The zero-order valence-corrected chi connectivity index (χ0v) is 18.0. The Balaban J connectivity index is 1.29. The standard InChI is InChI=1S/C23H24N4O5/c1-26-12-15(11-24-26)18-9-22(32-25-18)23(29)27-7-3-4-14(13-27)21-10-19(28)17-8-16(30-2)5-6-20(17)31-21/h5-6,8-9,11-12,14,21H,3-4,7,10,13H2,1-2H3/t14-,21-/m1/s1. The van der Waals surface area contributed by atoms with Crippen LogP contribution in [0.25, 0.3) is 11.3 Å². The van der Waals surface area contributed by atoms with E-state index in [1.165, 1.54) is 0 Å². The van der Waals surface area contributed by atoms with Crippen molar-refractivity contribution in [2.75, 3.05) is 20.2 Å². The molecule has 0 aliphatic carbocycles. The molecule has 2 aliphatic rings. The number of Topliss-reactive ketones (excluding diaryl/α,β-unsaturated/α-hetero) is 1. The Kier molecular flexibility index (Phi) is 5.16. The molecule has 1 aromatic carbocycles. The smallest absolute Gasteiger partial charge is 0.292 e. The first-order valence-electron chi connectivity index (χ1n) is 10.6. The van der Waals surface area contributed by atoms with Gasteiger partial charge in [0.25, 0.3) is 5.91 Å². The molecule has 1 amide bonds. The van der Waals surface area contributed by atoms with Crippen molar-refractivity contribution in [2.24, 2.45) is 13.0 Å². The lowest BCUT2D eigenvalue weighted by Crippen LogP contribution is -2.46. The molecule has 5 rings (SSSR count). The maximum atomic E-state index is 13.1. The van der Waals surface area contributed by atoms with Crippen LogP contribution >= 0.6 is 0 Å². The van der Waals surface area contributed by atoms with Gasteiger partial charge in [-0.2, -0.15) is 5.10 Å². The molecule has 2 aliphatic heterocycles. The van der Waals surface area contributed by atoms with Gasteiger partial charge < -0.3 is 18.9 Å². The number of aromatic nitrogens is 3. The van der Waals surface area contributed by atoms with E-state index in [9.17, 15) is 9.59 Å². The van der Waals surface area contributed by atoms with E-state index in [0.29, 0.717) is 42.3 Å². The van der Waals surface area contributed by atoms with E-state index in [0.717, 1.165) is 18.4 Å². The van der Waals surface area contributed by atoms with Crippen LogP contribution in [0.15, 0.2) is 41.2 Å². The molecule has 9 nitrogen and oxygen atoms in total. The van der Waals surface area contributed by atoms with E-state index in [-0.39, 0.29) is 29.5 Å². The molecule has 1 fully saturated rings. The summed E-state index contributed by atoms with van der Waals surface area (Å²) >= 11 is 0. The van der Waals surface area contributed by atoms with Crippen molar-refractivity contribution in [1.82, 2.24) is 19.8 Å². The van der Waals surface area contributed by atoms with Crippen molar-refractivity contribution in [3.05, 3.63) is 48.0 Å². The molecule has 166 valence electrons. The van der Waals surface area contributed by atoms with Crippen molar-refractivity contribution >= 4 is 11.7 Å². The molecule has 32 heavy (non-hydrogen) atoms. The molecule has 0 saturated carbocycles. The summed E-state index contributed by atoms with van der Waals surface area (Å²) in [5, 5.41) is 8.14. The van der Waals surface area contributed by atoms with Crippen LogP contribution in [-0.2, 0) is 7.05 Å². The number of carbonyl (C=O) groups is 2. The summed E-state index contributed by atoms with van der Waals surface area (Å²) in [6.45, 7) is 1.14. The number of hydrogen-bond acceptors (Lipinski definition) is 7. The van der Waals surface area contributed by atoms with Crippen molar-refractivity contribution < 1.29 is 23.6 Å². The Bertz CT molecular complexity index is 1170. The minimum atomic E-state index is -0.264. The summed E-state index contributed by atoms with van der Waals surface area (Å²) in [4.78, 5) is 27.6. The van der Waals surface area contributed by atoms with E-state index < -0.39 is 0 Å². The van der Waals surface area contributed by atoms with Crippen LogP contribution in [0, 0.1) is 5.92 Å². The van der Waals surface area contributed by atoms with Crippen molar-refractivity contribution in [2.45, 2.75) is 25.4 Å². The summed E-state index contributed by atoms with van der Waals surface area (Å²) in [6, 6.07) is 6.93. The molecule has 2 aromatic heterocycles. The molecular formula is C23H24N4O5. The summed E-state index contributed by atoms with van der Waals surface area (Å²) < 4.78 is 18.4. The van der Waals surface area contributed by atoms with E-state index in [2.05, 4.69) is 10.3 Å². The Morgan fingerprint density at radius 2 is 2.16 bits per heavy atom. The predicted octanol–water partition coefficient (Wildman–Crippen LogP) is 2.97. The van der Waals surface area contributed by atoms with Gasteiger partial charge in [-0.05, 0) is 31.0 Å². The summed E-state index contributed by atoms with van der Waals surface area (Å²) in [5.74, 6) is 1.30. The number of carbonyl (C=O) groups excluding carboxylic acids is 2. The number of rotatable bonds is 4. The number of fused-ring (bicyclic) bond motifs is 1. The fourth-order valence-electron chi connectivity index (χ4n) is 4.44. The lowest BCUT2D eigenvalue weighted by Gasteiger charge is -2.38. The highest BCUT2D eigenvalue weighted by molar-refractivity contribution is 6.00. The molecule has 3 aromatic rings. The predicted molar refractivity (Wildman–Crippen MR) is 114 cm³/mol. The maximum absolute atomic E-state index is 13.1. The average Bonchev–Trinajstić information content (AvgIpc) is 3.47. The zero-order valence-electron chi connectivity index (χ0n) is 18.0. The maximum Gasteiger partial charge on any atom is 0.292 e. The molecule has 0 unspecified atom stereocenters. The molecule has 0 bridgehead atoms. The SMILES string of the molecule is COc1ccc2c(c1)C(=O)C[C@H]([C@@H]1CCCN(C(=O)c3cc(-c4cnn(C)c4)no3)C1)O2. The van der Waals surface area contributed by atoms with Crippen LogP contribution < -0.4 is 9.47 Å². The third kappa shape index (κ3) is 3.74. The van der Waals surface area contributed by atoms with Crippen LogP contribution in [-0.4, -0.2) is 57.8 Å². The molecule has 1 saturated heterocycles. The van der Waals surface area contributed by atoms with Gasteiger partial charge in [0.1, 0.15) is 23.3 Å². The fourth-order valence-corrected chi connectivity index (χ4v) is 4.44. The second-order valence-corrected chi connectivity index (χ2v) is 8.28. The van der Waals surface area contributed by atoms with E-state index in [1.807, 2.05) is 13.2 Å². The van der Waals surface area contributed by atoms with Gasteiger partial charge in [0.05, 0.1) is 18.9 Å². The highest BCUT2D eigenvalue weighted by Crippen LogP contribution is 2.35. The van der Waals surface area contributed by atoms with Gasteiger partial charge in [-0.15, -0.1) is 0 Å². The average molecular weight is 436 g/mol. The normalized spacial score (nSPS) is 20.6. The van der Waals surface area contributed by atoms with Crippen LogP contribution in [0.2, 0.25) is 0 Å². The Morgan fingerprint density at radius 1 is 1.28 bits per heavy atom. The molecule has 0 radical (unpaired) electrons. The number of hydrogen-bond donors (Lipinski definition) is 0. The number of benzene rings is 1. The first-order valence-corrected chi connectivity index (χ1v) is 10.6. The van der Waals surface area contributed by atoms with Gasteiger partial charge in [0.15, 0.2) is 5.78 Å². The second-order valence-electron chi connectivity index (χ2n) is 8.28. The van der Waals surface area contributed by atoms with Gasteiger partial charge in [-0.25, -0.2) is 0 Å². The Hall–Kier alpha value is -3.62.